The second-order valence-corrected chi connectivity index (χ2v) is 8.57. The molecule has 4 aliphatic rings. The number of phenols is 1. The van der Waals surface area contributed by atoms with E-state index in [-0.39, 0.29) is 0 Å². The highest BCUT2D eigenvalue weighted by Crippen LogP contribution is 2.53. The molecule has 25 heavy (non-hydrogen) atoms. The van der Waals surface area contributed by atoms with Gasteiger partial charge in [-0.1, -0.05) is 20.3 Å². The Labute approximate surface area is 150 Å². The Hall–Kier alpha value is -1.48. The summed E-state index contributed by atoms with van der Waals surface area (Å²) in [6.45, 7) is 5.95. The van der Waals surface area contributed by atoms with Crippen molar-refractivity contribution in [1.29, 1.82) is 0 Å². The first kappa shape index (κ1) is 15.7. The monoisotopic (exact) mass is 339 g/mol. The summed E-state index contributed by atoms with van der Waals surface area (Å²) >= 11 is 0. The number of nitrogens with zero attached hydrogens (tertiary/aromatic N) is 1. The maximum Gasteiger partial charge on any atom is 0.134 e. The number of furan rings is 1. The molecule has 4 bridgehead atoms. The first-order valence-corrected chi connectivity index (χ1v) is 10.2. The van der Waals surface area contributed by atoms with Gasteiger partial charge in [0.15, 0.2) is 0 Å². The van der Waals surface area contributed by atoms with E-state index in [0.29, 0.717) is 23.8 Å². The maximum atomic E-state index is 10.00. The maximum absolute atomic E-state index is 10.00. The van der Waals surface area contributed by atoms with E-state index in [1.807, 2.05) is 12.1 Å². The molecule has 2 aromatic rings. The molecule has 134 valence electrons. The lowest BCUT2D eigenvalue weighted by Crippen LogP contribution is -2.59. The lowest BCUT2D eigenvalue weighted by atomic mass is 9.65. The van der Waals surface area contributed by atoms with Crippen LogP contribution in [0, 0.1) is 11.8 Å². The SMILES string of the molecule is CCC[C@H]1C[C@H]2C[C@H]3c4oc5ccc(O)cc5c4C[C@@H](CC)N(C2)C13. The standard InChI is InChI=1S/C22H29NO2/c1-3-5-14-8-13-9-19-21(14)23(12-13)15(4-2)10-18-17-11-16(24)6-7-20(17)25-22(18)19/h6-7,11,13-15,19,21,24H,3-5,8-10,12H2,1-2H3/t13-,14-,15+,19+,21?/m0/s1. The molecule has 1 saturated carbocycles. The summed E-state index contributed by atoms with van der Waals surface area (Å²) in [7, 11) is 0. The highest BCUT2D eigenvalue weighted by Gasteiger charge is 2.51. The van der Waals surface area contributed by atoms with E-state index in [9.17, 15) is 5.11 Å². The van der Waals surface area contributed by atoms with Crippen LogP contribution in [0.4, 0.5) is 0 Å². The van der Waals surface area contributed by atoms with Gasteiger partial charge < -0.3 is 9.52 Å². The zero-order chi connectivity index (χ0) is 17.1. The molecule has 2 saturated heterocycles. The van der Waals surface area contributed by atoms with Crippen LogP contribution in [0.1, 0.15) is 63.2 Å². The van der Waals surface area contributed by atoms with E-state index in [4.69, 9.17) is 4.42 Å². The molecular formula is C22H29NO2. The third-order valence-corrected chi connectivity index (χ3v) is 7.15. The van der Waals surface area contributed by atoms with Crippen molar-refractivity contribution in [3.8, 4) is 5.75 Å². The van der Waals surface area contributed by atoms with Crippen LogP contribution in [0.5, 0.6) is 5.75 Å². The molecule has 6 rings (SSSR count). The van der Waals surface area contributed by atoms with Crippen LogP contribution in [0.2, 0.25) is 0 Å². The predicted octanol–water partition coefficient (Wildman–Crippen LogP) is 5.07. The van der Waals surface area contributed by atoms with Gasteiger partial charge in [-0.25, -0.2) is 0 Å². The van der Waals surface area contributed by atoms with Crippen molar-refractivity contribution in [2.24, 2.45) is 11.8 Å². The number of benzene rings is 1. The molecule has 0 radical (unpaired) electrons. The Morgan fingerprint density at radius 1 is 1.24 bits per heavy atom. The van der Waals surface area contributed by atoms with E-state index >= 15 is 0 Å². The Morgan fingerprint density at radius 2 is 2.12 bits per heavy atom. The van der Waals surface area contributed by atoms with E-state index in [2.05, 4.69) is 18.7 Å². The Kier molecular flexibility index (Phi) is 3.63. The molecule has 1 aromatic carbocycles. The Morgan fingerprint density at radius 3 is 2.92 bits per heavy atom. The van der Waals surface area contributed by atoms with Crippen molar-refractivity contribution in [2.75, 3.05) is 6.54 Å². The van der Waals surface area contributed by atoms with Crippen LogP contribution < -0.4 is 0 Å². The van der Waals surface area contributed by atoms with Crippen molar-refractivity contribution < 1.29 is 9.52 Å². The van der Waals surface area contributed by atoms with E-state index in [1.165, 1.54) is 50.0 Å². The van der Waals surface area contributed by atoms with Crippen LogP contribution in [0.15, 0.2) is 22.6 Å². The van der Waals surface area contributed by atoms with Gasteiger partial charge in [0.25, 0.3) is 0 Å². The van der Waals surface area contributed by atoms with Gasteiger partial charge in [-0.15, -0.1) is 0 Å². The van der Waals surface area contributed by atoms with Gasteiger partial charge in [0, 0.05) is 35.5 Å². The second kappa shape index (κ2) is 5.77. The largest absolute Gasteiger partial charge is 0.508 e. The molecule has 0 spiro atoms. The lowest BCUT2D eigenvalue weighted by Gasteiger charge is -2.55. The summed E-state index contributed by atoms with van der Waals surface area (Å²) in [5, 5.41) is 11.1. The second-order valence-electron chi connectivity index (χ2n) is 8.57. The van der Waals surface area contributed by atoms with Gasteiger partial charge in [0.1, 0.15) is 17.1 Å². The highest BCUT2D eigenvalue weighted by molar-refractivity contribution is 5.84. The molecule has 0 amide bonds. The van der Waals surface area contributed by atoms with Crippen molar-refractivity contribution in [3.05, 3.63) is 29.5 Å². The van der Waals surface area contributed by atoms with Crippen LogP contribution in [0.3, 0.4) is 0 Å². The van der Waals surface area contributed by atoms with Crippen LogP contribution in [0.25, 0.3) is 11.0 Å². The van der Waals surface area contributed by atoms with E-state index < -0.39 is 0 Å². The van der Waals surface area contributed by atoms with Crippen molar-refractivity contribution in [2.45, 2.75) is 70.4 Å². The topological polar surface area (TPSA) is 36.6 Å². The smallest absolute Gasteiger partial charge is 0.134 e. The van der Waals surface area contributed by atoms with Gasteiger partial charge in [0.2, 0.25) is 0 Å². The van der Waals surface area contributed by atoms with Crippen molar-refractivity contribution in [1.82, 2.24) is 4.90 Å². The molecule has 1 aromatic heterocycles. The highest BCUT2D eigenvalue weighted by atomic mass is 16.3. The quantitative estimate of drug-likeness (QED) is 0.848. The Bertz CT molecular complexity index is 795. The summed E-state index contributed by atoms with van der Waals surface area (Å²) < 4.78 is 6.45. The summed E-state index contributed by atoms with van der Waals surface area (Å²) in [6.07, 6.45) is 7.60. The molecule has 3 nitrogen and oxygen atoms in total. The normalized spacial score (nSPS) is 36.4. The van der Waals surface area contributed by atoms with Gasteiger partial charge >= 0.3 is 0 Å². The van der Waals surface area contributed by atoms with Gasteiger partial charge in [-0.2, -0.15) is 0 Å². The summed E-state index contributed by atoms with van der Waals surface area (Å²) in [5.41, 5.74) is 2.34. The minimum Gasteiger partial charge on any atom is -0.508 e. The third-order valence-electron chi connectivity index (χ3n) is 7.15. The number of phenolic OH excluding ortho intramolecular Hbond substituents is 1. The molecule has 3 heteroatoms. The third kappa shape index (κ3) is 2.28. The molecule has 6 atom stereocenters. The van der Waals surface area contributed by atoms with E-state index in [0.717, 1.165) is 29.2 Å². The molecule has 2 unspecified atom stereocenters. The zero-order valence-corrected chi connectivity index (χ0v) is 15.4. The number of hydrogen-bond acceptors (Lipinski definition) is 3. The average Bonchev–Trinajstić information content (AvgIpc) is 2.93. The fraction of sp³-hybridized carbons (Fsp3) is 0.636. The number of hydrogen-bond donors (Lipinski definition) is 1. The van der Waals surface area contributed by atoms with Crippen LogP contribution in [-0.4, -0.2) is 28.6 Å². The average molecular weight is 339 g/mol. The Balaban J connectivity index is 1.68. The minimum atomic E-state index is 0.349. The lowest BCUT2D eigenvalue weighted by molar-refractivity contribution is -0.0448. The van der Waals surface area contributed by atoms with Gasteiger partial charge in [-0.05, 0) is 62.1 Å². The molecule has 3 fully saturated rings. The van der Waals surface area contributed by atoms with Crippen molar-refractivity contribution >= 4 is 11.0 Å². The molecule has 1 aliphatic carbocycles. The number of piperidine rings is 2. The first-order valence-electron chi connectivity index (χ1n) is 10.2. The zero-order valence-electron chi connectivity index (χ0n) is 15.4. The first-order chi connectivity index (χ1) is 12.2. The number of aromatic hydroxyl groups is 1. The van der Waals surface area contributed by atoms with Crippen molar-refractivity contribution in [3.63, 3.8) is 0 Å². The van der Waals surface area contributed by atoms with Gasteiger partial charge in [0.05, 0.1) is 0 Å². The summed E-state index contributed by atoms with van der Waals surface area (Å²) in [5.74, 6) is 3.79. The molecule has 1 N–H and O–H groups in total. The fourth-order valence-electron chi connectivity index (χ4n) is 6.27. The minimum absolute atomic E-state index is 0.349. The predicted molar refractivity (Wildman–Crippen MR) is 100 cm³/mol. The number of rotatable bonds is 3. The van der Waals surface area contributed by atoms with Crippen LogP contribution >= 0.6 is 0 Å². The van der Waals surface area contributed by atoms with E-state index in [1.54, 1.807) is 6.07 Å². The summed E-state index contributed by atoms with van der Waals surface area (Å²) in [4.78, 5) is 2.85. The molecule has 4 heterocycles. The molecule has 3 aliphatic heterocycles. The van der Waals surface area contributed by atoms with Gasteiger partial charge in [-0.3, -0.25) is 4.90 Å². The summed E-state index contributed by atoms with van der Waals surface area (Å²) in [6, 6.07) is 6.88. The molecular weight excluding hydrogens is 310 g/mol. The fourth-order valence-corrected chi connectivity index (χ4v) is 6.27. The van der Waals surface area contributed by atoms with Crippen LogP contribution in [-0.2, 0) is 6.42 Å². The number of fused-ring (bicyclic) bond motifs is 4.